The zero-order chi connectivity index (χ0) is 20.7. The average Bonchev–Trinajstić information content (AvgIpc) is 2.73. The van der Waals surface area contributed by atoms with Gasteiger partial charge in [-0.3, -0.25) is 4.79 Å². The maximum atomic E-state index is 11.7. The smallest absolute Gasteiger partial charge is 0.322 e. The van der Waals surface area contributed by atoms with E-state index in [2.05, 4.69) is 76.6 Å². The van der Waals surface area contributed by atoms with Crippen LogP contribution in [0, 0.1) is 0 Å². The molecule has 0 aliphatic carbocycles. The number of hydrogen-bond donors (Lipinski definition) is 0. The van der Waals surface area contributed by atoms with Crippen molar-refractivity contribution in [1.29, 1.82) is 0 Å². The first kappa shape index (κ1) is 21.5. The minimum atomic E-state index is -0.681. The summed E-state index contributed by atoms with van der Waals surface area (Å²) in [7, 11) is -0.177. The lowest BCUT2D eigenvalue weighted by Gasteiger charge is -2.15. The van der Waals surface area contributed by atoms with Gasteiger partial charge in [0.25, 0.3) is 0 Å². The molecule has 0 saturated carbocycles. The second kappa shape index (κ2) is 9.99. The van der Waals surface area contributed by atoms with Crippen molar-refractivity contribution in [3.8, 4) is 5.75 Å². The van der Waals surface area contributed by atoms with Crippen LogP contribution in [0.2, 0.25) is 0 Å². The standard InChI is InChI=1S/C24H24BrO3S/c1-24(2,25)23(26)28-18-17-27-19-13-15-22(16-14-19)29(20-9-5-3-6-10-20)21-11-7-4-8-12-21/h3-16H,17-18H2,1-2H3/q+1. The van der Waals surface area contributed by atoms with E-state index in [-0.39, 0.29) is 23.5 Å². The predicted octanol–water partition coefficient (Wildman–Crippen LogP) is 5.88. The molecule has 5 heteroatoms. The van der Waals surface area contributed by atoms with E-state index >= 15 is 0 Å². The molecule has 3 aromatic carbocycles. The first-order valence-corrected chi connectivity index (χ1v) is 11.4. The fourth-order valence-electron chi connectivity index (χ4n) is 2.66. The van der Waals surface area contributed by atoms with Gasteiger partial charge in [0.15, 0.2) is 14.7 Å². The second-order valence-corrected chi connectivity index (χ2v) is 10.9. The summed E-state index contributed by atoms with van der Waals surface area (Å²) in [5, 5.41) is 0. The molecule has 150 valence electrons. The van der Waals surface area contributed by atoms with Gasteiger partial charge < -0.3 is 9.47 Å². The molecule has 3 aromatic rings. The van der Waals surface area contributed by atoms with Crippen molar-refractivity contribution in [3.05, 3.63) is 84.9 Å². The van der Waals surface area contributed by atoms with Gasteiger partial charge in [-0.25, -0.2) is 0 Å². The summed E-state index contributed by atoms with van der Waals surface area (Å²) in [6, 6.07) is 29.2. The minimum absolute atomic E-state index is 0.177. The monoisotopic (exact) mass is 471 g/mol. The Bertz CT molecular complexity index is 867. The van der Waals surface area contributed by atoms with Crippen LogP contribution in [-0.2, 0) is 20.4 Å². The van der Waals surface area contributed by atoms with Gasteiger partial charge in [-0.2, -0.15) is 0 Å². The SMILES string of the molecule is CC(C)(Br)C(=O)OCCOc1ccc([S+](c2ccccc2)c2ccccc2)cc1. The molecular weight excluding hydrogens is 448 g/mol. The molecule has 3 rings (SSSR count). The second-order valence-electron chi connectivity index (χ2n) is 6.86. The number of alkyl halides is 1. The molecule has 29 heavy (non-hydrogen) atoms. The molecule has 3 nitrogen and oxygen atoms in total. The summed E-state index contributed by atoms with van der Waals surface area (Å²) >= 11 is 3.29. The van der Waals surface area contributed by atoms with Gasteiger partial charge >= 0.3 is 5.97 Å². The van der Waals surface area contributed by atoms with E-state index in [0.29, 0.717) is 6.61 Å². The quantitative estimate of drug-likeness (QED) is 0.178. The lowest BCUT2D eigenvalue weighted by atomic mass is 10.2. The first-order chi connectivity index (χ1) is 13.9. The van der Waals surface area contributed by atoms with E-state index in [9.17, 15) is 4.79 Å². The van der Waals surface area contributed by atoms with Crippen LogP contribution >= 0.6 is 15.9 Å². The van der Waals surface area contributed by atoms with Crippen molar-refractivity contribution in [2.24, 2.45) is 0 Å². The molecule has 0 aromatic heterocycles. The number of esters is 1. The third-order valence-corrected chi connectivity index (χ3v) is 6.64. The highest BCUT2D eigenvalue weighted by Crippen LogP contribution is 2.31. The van der Waals surface area contributed by atoms with Crippen LogP contribution in [0.25, 0.3) is 0 Å². The number of halogens is 1. The maximum Gasteiger partial charge on any atom is 0.322 e. The first-order valence-electron chi connectivity index (χ1n) is 9.38. The average molecular weight is 472 g/mol. The van der Waals surface area contributed by atoms with E-state index in [1.54, 1.807) is 13.8 Å². The van der Waals surface area contributed by atoms with Crippen molar-refractivity contribution < 1.29 is 14.3 Å². The highest BCUT2D eigenvalue weighted by Gasteiger charge is 2.28. The molecule has 0 atom stereocenters. The normalized spacial score (nSPS) is 11.3. The maximum absolute atomic E-state index is 11.7. The summed E-state index contributed by atoms with van der Waals surface area (Å²) in [4.78, 5) is 15.5. The van der Waals surface area contributed by atoms with Gasteiger partial charge in [0, 0.05) is 0 Å². The summed E-state index contributed by atoms with van der Waals surface area (Å²) < 4.78 is 10.2. The van der Waals surface area contributed by atoms with Crippen LogP contribution in [-0.4, -0.2) is 23.5 Å². The molecule has 0 amide bonds. The Morgan fingerprint density at radius 3 is 1.76 bits per heavy atom. The molecule has 0 unspecified atom stereocenters. The van der Waals surface area contributed by atoms with Gasteiger partial charge in [-0.15, -0.1) is 0 Å². The van der Waals surface area contributed by atoms with Gasteiger partial charge in [0.05, 0.1) is 10.9 Å². The van der Waals surface area contributed by atoms with Gasteiger partial charge in [0.2, 0.25) is 0 Å². The molecule has 0 radical (unpaired) electrons. The van der Waals surface area contributed by atoms with Crippen molar-refractivity contribution in [2.45, 2.75) is 32.9 Å². The van der Waals surface area contributed by atoms with Crippen molar-refractivity contribution in [3.63, 3.8) is 0 Å². The lowest BCUT2D eigenvalue weighted by Crippen LogP contribution is -2.28. The zero-order valence-corrected chi connectivity index (χ0v) is 18.9. The molecule has 0 saturated heterocycles. The summed E-state index contributed by atoms with van der Waals surface area (Å²) in [6.07, 6.45) is 0. The van der Waals surface area contributed by atoms with E-state index in [4.69, 9.17) is 9.47 Å². The predicted molar refractivity (Wildman–Crippen MR) is 121 cm³/mol. The van der Waals surface area contributed by atoms with Crippen LogP contribution in [0.4, 0.5) is 0 Å². The molecule has 0 aliphatic heterocycles. The minimum Gasteiger partial charge on any atom is -0.490 e. The molecule has 0 fully saturated rings. The van der Waals surface area contributed by atoms with Crippen LogP contribution in [0.5, 0.6) is 5.75 Å². The molecule has 0 aliphatic rings. The van der Waals surface area contributed by atoms with E-state index < -0.39 is 4.32 Å². The summed E-state index contributed by atoms with van der Waals surface area (Å²) in [5.41, 5.74) is 0. The van der Waals surface area contributed by atoms with E-state index in [1.807, 2.05) is 24.3 Å². The van der Waals surface area contributed by atoms with Crippen LogP contribution in [0.1, 0.15) is 13.8 Å². The zero-order valence-electron chi connectivity index (χ0n) is 16.5. The Labute approximate surface area is 183 Å². The Morgan fingerprint density at radius 2 is 1.28 bits per heavy atom. The molecule has 0 bridgehead atoms. The number of benzene rings is 3. The van der Waals surface area contributed by atoms with Crippen LogP contribution < -0.4 is 4.74 Å². The molecular formula is C24H24BrO3S+. The molecule has 0 heterocycles. The number of rotatable bonds is 8. The molecule has 0 N–H and O–H groups in total. The largest absolute Gasteiger partial charge is 0.490 e. The number of hydrogen-bond acceptors (Lipinski definition) is 3. The Hall–Kier alpha value is -2.24. The van der Waals surface area contributed by atoms with Crippen LogP contribution in [0.3, 0.4) is 0 Å². The third kappa shape index (κ3) is 6.12. The fraction of sp³-hybridized carbons (Fsp3) is 0.208. The van der Waals surface area contributed by atoms with Crippen LogP contribution in [0.15, 0.2) is 99.6 Å². The Morgan fingerprint density at radius 1 is 0.793 bits per heavy atom. The van der Waals surface area contributed by atoms with E-state index in [1.165, 1.54) is 14.7 Å². The van der Waals surface area contributed by atoms with Gasteiger partial charge in [-0.05, 0) is 62.4 Å². The van der Waals surface area contributed by atoms with E-state index in [0.717, 1.165) is 5.75 Å². The van der Waals surface area contributed by atoms with Crippen molar-refractivity contribution >= 4 is 32.8 Å². The molecule has 0 spiro atoms. The highest BCUT2D eigenvalue weighted by atomic mass is 79.9. The van der Waals surface area contributed by atoms with Gasteiger partial charge in [-0.1, -0.05) is 52.3 Å². The number of carbonyl (C=O) groups is 1. The van der Waals surface area contributed by atoms with Crippen molar-refractivity contribution in [2.75, 3.05) is 13.2 Å². The Kier molecular flexibility index (Phi) is 7.40. The summed E-state index contributed by atoms with van der Waals surface area (Å²) in [6.45, 7) is 4.04. The topological polar surface area (TPSA) is 35.5 Å². The highest BCUT2D eigenvalue weighted by molar-refractivity contribution is 9.10. The Balaban J connectivity index is 1.68. The van der Waals surface area contributed by atoms with Gasteiger partial charge in [0.1, 0.15) is 23.3 Å². The number of ether oxygens (including phenoxy) is 2. The lowest BCUT2D eigenvalue weighted by molar-refractivity contribution is -0.146. The number of carbonyl (C=O) groups excluding carboxylic acids is 1. The fourth-order valence-corrected chi connectivity index (χ4v) is 4.86. The third-order valence-electron chi connectivity index (χ3n) is 4.09. The summed E-state index contributed by atoms with van der Waals surface area (Å²) in [5.74, 6) is 0.457. The van der Waals surface area contributed by atoms with Crippen molar-refractivity contribution in [1.82, 2.24) is 0 Å².